The van der Waals surface area contributed by atoms with Crippen LogP contribution in [0.1, 0.15) is 39.5 Å². The molecule has 0 heterocycles. The second-order valence-corrected chi connectivity index (χ2v) is 18.7. The monoisotopic (exact) mass is 468 g/mol. The van der Waals surface area contributed by atoms with Crippen molar-refractivity contribution in [1.82, 2.24) is 0 Å². The van der Waals surface area contributed by atoms with Gasteiger partial charge in [-0.25, -0.2) is 9.59 Å². The van der Waals surface area contributed by atoms with Gasteiger partial charge >= 0.3 is 37.6 Å². The maximum atomic E-state index is 11.7. The van der Waals surface area contributed by atoms with Gasteiger partial charge in [0.25, 0.3) is 0 Å². The van der Waals surface area contributed by atoms with Crippen molar-refractivity contribution in [2.75, 3.05) is 26.4 Å². The number of carbonyl (C=O) groups is 2. The van der Waals surface area contributed by atoms with Gasteiger partial charge in [0.15, 0.2) is 0 Å². The van der Waals surface area contributed by atoms with Crippen LogP contribution in [0.25, 0.3) is 0 Å². The van der Waals surface area contributed by atoms with E-state index in [0.717, 1.165) is 25.7 Å². The van der Waals surface area contributed by atoms with Crippen molar-refractivity contribution in [2.45, 2.75) is 78.8 Å². The summed E-state index contributed by atoms with van der Waals surface area (Å²) in [5.41, 5.74) is 0. The van der Waals surface area contributed by atoms with Crippen LogP contribution in [-0.2, 0) is 36.1 Å². The second-order valence-electron chi connectivity index (χ2n) is 8.13. The Morgan fingerprint density at radius 3 is 1.28 bits per heavy atom. The Balaban J connectivity index is 4.46. The van der Waals surface area contributed by atoms with Crippen LogP contribution in [0.3, 0.4) is 0 Å². The summed E-state index contributed by atoms with van der Waals surface area (Å²) >= 11 is 0. The lowest BCUT2D eigenvalue weighted by Crippen LogP contribution is -2.55. The van der Waals surface area contributed by atoms with Crippen molar-refractivity contribution in [1.29, 1.82) is 0 Å². The van der Waals surface area contributed by atoms with Gasteiger partial charge in [0.05, 0.1) is 13.2 Å². The summed E-state index contributed by atoms with van der Waals surface area (Å²) < 4.78 is 34.0. The van der Waals surface area contributed by atoms with Gasteiger partial charge in [-0.05, 0) is 52.1 Å². The minimum atomic E-state index is -2.61. The topological polar surface area (TPSA) is 89.5 Å². The fourth-order valence-electron chi connectivity index (χ4n) is 2.47. The van der Waals surface area contributed by atoms with Crippen LogP contribution in [-0.4, -0.2) is 64.0 Å². The first-order chi connectivity index (χ1) is 13.3. The smallest absolute Gasteiger partial charge is 0.330 e. The molecule has 0 amide bonds. The average Bonchev–Trinajstić information content (AvgIpc) is 2.57. The van der Waals surface area contributed by atoms with Gasteiger partial charge in [-0.2, -0.15) is 0 Å². The maximum absolute atomic E-state index is 11.7. The zero-order chi connectivity index (χ0) is 22.6. The van der Waals surface area contributed by atoms with Gasteiger partial charge in [-0.1, -0.05) is 26.7 Å². The number of hydrogen-bond donors (Lipinski definition) is 0. The third-order valence-electron chi connectivity index (χ3n) is 3.58. The van der Waals surface area contributed by atoms with E-state index in [1.165, 1.54) is 0 Å². The summed E-state index contributed by atoms with van der Waals surface area (Å²) in [5.74, 6) is -0.773. The van der Waals surface area contributed by atoms with E-state index < -0.39 is 25.7 Å². The molecule has 0 N–H and O–H groups in total. The predicted octanol–water partition coefficient (Wildman–Crippen LogP) is 3.84. The Hall–Kier alpha value is -0.569. The molecule has 0 rings (SSSR count). The summed E-state index contributed by atoms with van der Waals surface area (Å²) in [6, 6.07) is 0. The van der Waals surface area contributed by atoms with E-state index in [9.17, 15) is 9.59 Å². The lowest BCUT2D eigenvalue weighted by Gasteiger charge is -2.37. The summed E-state index contributed by atoms with van der Waals surface area (Å²) in [4.78, 5) is 23.5. The quantitative estimate of drug-likeness (QED) is 0.192. The van der Waals surface area contributed by atoms with Crippen molar-refractivity contribution in [3.05, 3.63) is 0 Å². The van der Waals surface area contributed by atoms with Crippen molar-refractivity contribution in [2.24, 2.45) is 0 Å². The Labute approximate surface area is 179 Å². The highest BCUT2D eigenvalue weighted by Gasteiger charge is 2.42. The van der Waals surface area contributed by atoms with E-state index in [1.807, 2.05) is 53.1 Å². The fraction of sp³-hybridized carbons (Fsp3) is 0.889. The molecule has 0 aromatic carbocycles. The van der Waals surface area contributed by atoms with Crippen LogP contribution in [0.5, 0.6) is 0 Å². The standard InChI is InChI=1S/C18H40O8Si3/c1-9-11-13-21-17(19)15-23-27(3,4)25-29(7,8)26-28(5,6)24-16-18(20)22-14-12-10-2/h9-16H2,1-8H3. The summed E-state index contributed by atoms with van der Waals surface area (Å²) in [6.45, 7) is 15.9. The molecule has 172 valence electrons. The molecule has 0 saturated carbocycles. The molecular weight excluding hydrogens is 428 g/mol. The van der Waals surface area contributed by atoms with Gasteiger partial charge < -0.3 is 26.6 Å². The number of esters is 2. The highest BCUT2D eigenvalue weighted by Crippen LogP contribution is 2.22. The van der Waals surface area contributed by atoms with Crippen LogP contribution < -0.4 is 0 Å². The van der Waals surface area contributed by atoms with Gasteiger partial charge in [0.1, 0.15) is 13.2 Å². The molecule has 0 aliphatic carbocycles. The van der Waals surface area contributed by atoms with Crippen molar-refractivity contribution >= 4 is 37.6 Å². The predicted molar refractivity (Wildman–Crippen MR) is 118 cm³/mol. The molecular formula is C18H40O8Si3. The molecule has 0 aromatic heterocycles. The minimum absolute atomic E-state index is 0.131. The largest absolute Gasteiger partial charge is 0.464 e. The average molecular weight is 469 g/mol. The lowest BCUT2D eigenvalue weighted by atomic mass is 10.4. The molecule has 0 radical (unpaired) electrons. The summed E-state index contributed by atoms with van der Waals surface area (Å²) in [5, 5.41) is 0. The third-order valence-corrected chi connectivity index (χ3v) is 13.1. The van der Waals surface area contributed by atoms with Crippen molar-refractivity contribution in [3.8, 4) is 0 Å². The van der Waals surface area contributed by atoms with E-state index in [0.29, 0.717) is 13.2 Å². The molecule has 0 saturated heterocycles. The van der Waals surface area contributed by atoms with Crippen LogP contribution >= 0.6 is 0 Å². The number of ether oxygens (including phenoxy) is 2. The zero-order valence-corrected chi connectivity index (χ0v) is 22.4. The molecule has 0 bridgehead atoms. The first kappa shape index (κ1) is 28.4. The number of carbonyl (C=O) groups excluding carboxylic acids is 2. The van der Waals surface area contributed by atoms with Crippen LogP contribution in [0.2, 0.25) is 39.3 Å². The molecule has 0 aliphatic heterocycles. The molecule has 0 aromatic rings. The lowest BCUT2D eigenvalue weighted by molar-refractivity contribution is -0.147. The number of rotatable bonds is 16. The molecule has 8 nitrogen and oxygen atoms in total. The normalized spacial score (nSPS) is 12.7. The molecule has 29 heavy (non-hydrogen) atoms. The second kappa shape index (κ2) is 13.7. The van der Waals surface area contributed by atoms with Crippen LogP contribution in [0.15, 0.2) is 0 Å². The van der Waals surface area contributed by atoms with Gasteiger partial charge in [0.2, 0.25) is 0 Å². The summed E-state index contributed by atoms with van der Waals surface area (Å²) in [6.07, 6.45) is 3.60. The molecule has 11 heteroatoms. The van der Waals surface area contributed by atoms with Crippen molar-refractivity contribution in [3.63, 3.8) is 0 Å². The Morgan fingerprint density at radius 2 is 0.966 bits per heavy atom. The highest BCUT2D eigenvalue weighted by molar-refractivity contribution is 6.84. The van der Waals surface area contributed by atoms with Crippen LogP contribution in [0, 0.1) is 0 Å². The molecule has 0 unspecified atom stereocenters. The van der Waals surface area contributed by atoms with E-state index in [-0.39, 0.29) is 25.2 Å². The Morgan fingerprint density at radius 1 is 0.621 bits per heavy atom. The SMILES string of the molecule is CCCCOC(=O)CO[Si](C)(C)O[Si](C)(C)O[Si](C)(C)OCC(=O)OCCCC. The van der Waals surface area contributed by atoms with E-state index in [4.69, 9.17) is 26.6 Å². The first-order valence-corrected chi connectivity index (χ1v) is 18.8. The fourth-order valence-corrected chi connectivity index (χ4v) is 13.9. The van der Waals surface area contributed by atoms with E-state index in [1.54, 1.807) is 0 Å². The Kier molecular flexibility index (Phi) is 13.4. The van der Waals surface area contributed by atoms with Gasteiger partial charge in [-0.15, -0.1) is 0 Å². The van der Waals surface area contributed by atoms with Gasteiger partial charge in [-0.3, -0.25) is 0 Å². The molecule has 0 spiro atoms. The zero-order valence-electron chi connectivity index (χ0n) is 19.4. The van der Waals surface area contributed by atoms with E-state index >= 15 is 0 Å². The van der Waals surface area contributed by atoms with Crippen LogP contribution in [0.4, 0.5) is 0 Å². The third kappa shape index (κ3) is 15.9. The highest BCUT2D eigenvalue weighted by atomic mass is 28.5. The minimum Gasteiger partial charge on any atom is -0.464 e. The molecule has 0 fully saturated rings. The Bertz CT molecular complexity index is 455. The number of unbranched alkanes of at least 4 members (excludes halogenated alkanes) is 2. The maximum Gasteiger partial charge on any atom is 0.330 e. The van der Waals surface area contributed by atoms with E-state index in [2.05, 4.69) is 0 Å². The van der Waals surface area contributed by atoms with Gasteiger partial charge in [0, 0.05) is 0 Å². The molecule has 0 atom stereocenters. The van der Waals surface area contributed by atoms with Crippen molar-refractivity contribution < 1.29 is 36.1 Å². The molecule has 0 aliphatic rings. The summed E-state index contributed by atoms with van der Waals surface area (Å²) in [7, 11) is -7.82. The first-order valence-electron chi connectivity index (χ1n) is 10.3. The number of hydrogen-bond acceptors (Lipinski definition) is 8.